The van der Waals surface area contributed by atoms with E-state index in [1.807, 2.05) is 0 Å². The molecule has 3 rings (SSSR count). The number of nitrogens with one attached hydrogen (secondary N) is 1. The molecule has 0 spiro atoms. The summed E-state index contributed by atoms with van der Waals surface area (Å²) >= 11 is 0. The van der Waals surface area contributed by atoms with Gasteiger partial charge in [0.1, 0.15) is 0 Å². The van der Waals surface area contributed by atoms with E-state index in [0.29, 0.717) is 0 Å². The van der Waals surface area contributed by atoms with E-state index in [2.05, 4.69) is 12.2 Å². The van der Waals surface area contributed by atoms with Gasteiger partial charge < -0.3 is 5.32 Å². The quantitative estimate of drug-likeness (QED) is 0.763. The lowest BCUT2D eigenvalue weighted by atomic mass is 9.69. The van der Waals surface area contributed by atoms with E-state index in [4.69, 9.17) is 0 Å². The zero-order valence-corrected chi connectivity index (χ0v) is 12.9. The van der Waals surface area contributed by atoms with Crippen molar-refractivity contribution < 1.29 is 0 Å². The van der Waals surface area contributed by atoms with Crippen molar-refractivity contribution in [2.24, 2.45) is 17.8 Å². The van der Waals surface area contributed by atoms with Crippen molar-refractivity contribution in [2.75, 3.05) is 0 Å². The fraction of sp³-hybridized carbons (Fsp3) is 1.00. The molecule has 0 aromatic heterocycles. The van der Waals surface area contributed by atoms with Crippen LogP contribution in [-0.4, -0.2) is 12.1 Å². The van der Waals surface area contributed by atoms with Crippen LogP contribution in [0.15, 0.2) is 0 Å². The molecule has 0 heterocycles. The summed E-state index contributed by atoms with van der Waals surface area (Å²) < 4.78 is 0. The maximum atomic E-state index is 4.06. The Morgan fingerprint density at radius 3 is 2.37 bits per heavy atom. The minimum Gasteiger partial charge on any atom is -0.311 e. The maximum absolute atomic E-state index is 4.06. The van der Waals surface area contributed by atoms with Crippen molar-refractivity contribution in [2.45, 2.75) is 96.1 Å². The lowest BCUT2D eigenvalue weighted by molar-refractivity contribution is 0.130. The zero-order chi connectivity index (χ0) is 13.1. The Bertz CT molecular complexity index is 275. The van der Waals surface area contributed by atoms with Gasteiger partial charge in [-0.1, -0.05) is 51.9 Å². The number of hydrogen-bond donors (Lipinski definition) is 1. The average Bonchev–Trinajstić information content (AvgIpc) is 2.47. The minimum atomic E-state index is 0.851. The molecule has 1 nitrogen and oxygen atoms in total. The molecule has 110 valence electrons. The first kappa shape index (κ1) is 13.9. The Kier molecular flexibility index (Phi) is 4.84. The molecule has 5 atom stereocenters. The van der Waals surface area contributed by atoms with Crippen LogP contribution in [0, 0.1) is 17.8 Å². The second-order valence-electron chi connectivity index (χ2n) is 7.62. The summed E-state index contributed by atoms with van der Waals surface area (Å²) in [6.45, 7) is 2.38. The van der Waals surface area contributed by atoms with Gasteiger partial charge in [0.2, 0.25) is 0 Å². The number of hydrogen-bond acceptors (Lipinski definition) is 1. The molecule has 3 aliphatic carbocycles. The Morgan fingerprint density at radius 2 is 1.53 bits per heavy atom. The lowest BCUT2D eigenvalue weighted by Crippen LogP contribution is -2.45. The van der Waals surface area contributed by atoms with Crippen molar-refractivity contribution >= 4 is 0 Å². The second-order valence-corrected chi connectivity index (χ2v) is 7.62. The summed E-state index contributed by atoms with van der Waals surface area (Å²) in [4.78, 5) is 0. The summed E-state index contributed by atoms with van der Waals surface area (Å²) in [6.07, 6.45) is 17.8. The minimum absolute atomic E-state index is 0.851. The fourth-order valence-electron chi connectivity index (χ4n) is 5.17. The maximum Gasteiger partial charge on any atom is 0.00725 e. The molecule has 5 unspecified atom stereocenters. The SMILES string of the molecule is CCC1CCCC(NC2CCC3CCCCC3C2)C1. The molecule has 0 aromatic carbocycles. The van der Waals surface area contributed by atoms with Crippen LogP contribution in [0.1, 0.15) is 84.0 Å². The van der Waals surface area contributed by atoms with E-state index in [1.165, 1.54) is 70.6 Å². The Hall–Kier alpha value is -0.0400. The molecule has 0 amide bonds. The molecule has 1 N–H and O–H groups in total. The van der Waals surface area contributed by atoms with E-state index in [0.717, 1.165) is 29.8 Å². The predicted molar refractivity (Wildman–Crippen MR) is 82.3 cm³/mol. The molecular formula is C18H33N. The molecule has 3 saturated carbocycles. The topological polar surface area (TPSA) is 12.0 Å². The standard InChI is InChI=1S/C18H33N/c1-2-14-6-5-9-17(12-14)19-18-11-10-15-7-3-4-8-16(15)13-18/h14-19H,2-13H2,1H3. The summed E-state index contributed by atoms with van der Waals surface area (Å²) in [6, 6.07) is 1.71. The van der Waals surface area contributed by atoms with Crippen LogP contribution in [0.4, 0.5) is 0 Å². The highest BCUT2D eigenvalue weighted by Gasteiger charge is 2.33. The highest BCUT2D eigenvalue weighted by atomic mass is 15.0. The van der Waals surface area contributed by atoms with E-state index in [1.54, 1.807) is 6.42 Å². The van der Waals surface area contributed by atoms with Crippen LogP contribution in [-0.2, 0) is 0 Å². The Labute approximate surface area is 119 Å². The van der Waals surface area contributed by atoms with Gasteiger partial charge >= 0.3 is 0 Å². The molecule has 0 radical (unpaired) electrons. The van der Waals surface area contributed by atoms with Gasteiger partial charge in [-0.2, -0.15) is 0 Å². The fourth-order valence-corrected chi connectivity index (χ4v) is 5.17. The summed E-state index contributed by atoms with van der Waals surface area (Å²) in [5.74, 6) is 3.18. The summed E-state index contributed by atoms with van der Waals surface area (Å²) in [7, 11) is 0. The summed E-state index contributed by atoms with van der Waals surface area (Å²) in [5, 5.41) is 4.06. The normalized spacial score (nSPS) is 43.7. The first-order chi connectivity index (χ1) is 9.35. The zero-order valence-electron chi connectivity index (χ0n) is 12.9. The van der Waals surface area contributed by atoms with E-state index >= 15 is 0 Å². The van der Waals surface area contributed by atoms with Crippen molar-refractivity contribution in [3.8, 4) is 0 Å². The average molecular weight is 263 g/mol. The number of rotatable bonds is 3. The highest BCUT2D eigenvalue weighted by molar-refractivity contribution is 4.89. The molecule has 0 bridgehead atoms. The van der Waals surface area contributed by atoms with Crippen molar-refractivity contribution in [1.82, 2.24) is 5.32 Å². The van der Waals surface area contributed by atoms with Crippen LogP contribution in [0.2, 0.25) is 0 Å². The van der Waals surface area contributed by atoms with Gasteiger partial charge in [0.05, 0.1) is 0 Å². The summed E-state index contributed by atoms with van der Waals surface area (Å²) in [5.41, 5.74) is 0. The van der Waals surface area contributed by atoms with E-state index in [9.17, 15) is 0 Å². The van der Waals surface area contributed by atoms with Crippen LogP contribution >= 0.6 is 0 Å². The molecule has 0 aromatic rings. The number of fused-ring (bicyclic) bond motifs is 1. The Balaban J connectivity index is 1.47. The van der Waals surface area contributed by atoms with Crippen LogP contribution in [0.5, 0.6) is 0 Å². The third-order valence-electron chi connectivity index (χ3n) is 6.37. The highest BCUT2D eigenvalue weighted by Crippen LogP contribution is 2.40. The van der Waals surface area contributed by atoms with Crippen LogP contribution < -0.4 is 5.32 Å². The van der Waals surface area contributed by atoms with Crippen molar-refractivity contribution in [3.63, 3.8) is 0 Å². The van der Waals surface area contributed by atoms with Crippen LogP contribution in [0.3, 0.4) is 0 Å². The largest absolute Gasteiger partial charge is 0.311 e. The van der Waals surface area contributed by atoms with E-state index in [-0.39, 0.29) is 0 Å². The Morgan fingerprint density at radius 1 is 0.737 bits per heavy atom. The molecular weight excluding hydrogens is 230 g/mol. The van der Waals surface area contributed by atoms with E-state index < -0.39 is 0 Å². The van der Waals surface area contributed by atoms with Crippen molar-refractivity contribution in [3.05, 3.63) is 0 Å². The molecule has 0 aliphatic heterocycles. The van der Waals surface area contributed by atoms with Gasteiger partial charge in [-0.05, 0) is 49.9 Å². The van der Waals surface area contributed by atoms with Gasteiger partial charge in [0, 0.05) is 12.1 Å². The van der Waals surface area contributed by atoms with Gasteiger partial charge in [-0.25, -0.2) is 0 Å². The predicted octanol–water partition coefficient (Wildman–Crippen LogP) is 4.90. The first-order valence-corrected chi connectivity index (χ1v) is 9.11. The molecule has 0 saturated heterocycles. The smallest absolute Gasteiger partial charge is 0.00725 e. The van der Waals surface area contributed by atoms with Gasteiger partial charge in [0.15, 0.2) is 0 Å². The molecule has 1 heteroatoms. The van der Waals surface area contributed by atoms with Gasteiger partial charge in [-0.3, -0.25) is 0 Å². The monoisotopic (exact) mass is 263 g/mol. The third kappa shape index (κ3) is 3.54. The van der Waals surface area contributed by atoms with Gasteiger partial charge in [0.25, 0.3) is 0 Å². The molecule has 3 fully saturated rings. The lowest BCUT2D eigenvalue weighted by Gasteiger charge is -2.41. The van der Waals surface area contributed by atoms with Crippen LogP contribution in [0.25, 0.3) is 0 Å². The first-order valence-electron chi connectivity index (χ1n) is 9.11. The van der Waals surface area contributed by atoms with Gasteiger partial charge in [-0.15, -0.1) is 0 Å². The second kappa shape index (κ2) is 6.61. The third-order valence-corrected chi connectivity index (χ3v) is 6.37. The van der Waals surface area contributed by atoms with Crippen molar-refractivity contribution in [1.29, 1.82) is 0 Å². The molecule has 3 aliphatic rings. The molecule has 19 heavy (non-hydrogen) atoms.